The van der Waals surface area contributed by atoms with Crippen LogP contribution in [0, 0.1) is 0 Å². The highest BCUT2D eigenvalue weighted by atomic mass is 79.9. The molecule has 2 aromatic heterocycles. The van der Waals surface area contributed by atoms with E-state index in [0.29, 0.717) is 21.8 Å². The normalized spacial score (nSPS) is 14.3. The molecule has 0 radical (unpaired) electrons. The molecule has 1 aliphatic rings. The molecule has 1 N–H and O–H groups in total. The summed E-state index contributed by atoms with van der Waals surface area (Å²) < 4.78 is 10.9. The van der Waals surface area contributed by atoms with Crippen LogP contribution in [0.1, 0.15) is 38.3 Å². The number of rotatable bonds is 4. The second-order valence-corrected chi connectivity index (χ2v) is 7.36. The lowest BCUT2D eigenvalue weighted by molar-refractivity contribution is 0.0526. The minimum absolute atomic E-state index is 0.181. The smallest absolute Gasteiger partial charge is 0.341 e. The summed E-state index contributed by atoms with van der Waals surface area (Å²) in [6, 6.07) is 3.22. The Balaban J connectivity index is 1.94. The molecule has 0 fully saturated rings. The molecular formula is C16H17BrN2O4S. The molecule has 0 spiro atoms. The Bertz CT molecular complexity index is 783. The van der Waals surface area contributed by atoms with Gasteiger partial charge in [0.1, 0.15) is 5.00 Å². The van der Waals surface area contributed by atoms with Gasteiger partial charge in [0.2, 0.25) is 0 Å². The molecule has 6 nitrogen and oxygen atoms in total. The zero-order valence-electron chi connectivity index (χ0n) is 13.3. The van der Waals surface area contributed by atoms with Gasteiger partial charge in [0.15, 0.2) is 10.4 Å². The first kappa shape index (κ1) is 17.2. The molecule has 3 heterocycles. The van der Waals surface area contributed by atoms with Crippen LogP contribution >= 0.6 is 27.3 Å². The Kier molecular flexibility index (Phi) is 5.07. The lowest BCUT2D eigenvalue weighted by Gasteiger charge is -2.22. The number of esters is 1. The Hall–Kier alpha value is -1.64. The fourth-order valence-corrected chi connectivity index (χ4v) is 4.26. The highest BCUT2D eigenvalue weighted by Gasteiger charge is 2.29. The first-order valence-electron chi connectivity index (χ1n) is 7.56. The third kappa shape index (κ3) is 3.40. The Morgan fingerprint density at radius 1 is 1.46 bits per heavy atom. The van der Waals surface area contributed by atoms with E-state index in [-0.39, 0.29) is 5.76 Å². The summed E-state index contributed by atoms with van der Waals surface area (Å²) >= 11 is 4.60. The molecule has 0 aromatic carbocycles. The molecule has 0 unspecified atom stereocenters. The number of hydrogen-bond donors (Lipinski definition) is 1. The van der Waals surface area contributed by atoms with Crippen molar-refractivity contribution < 1.29 is 18.7 Å². The van der Waals surface area contributed by atoms with Gasteiger partial charge < -0.3 is 19.4 Å². The van der Waals surface area contributed by atoms with Gasteiger partial charge in [-0.05, 0) is 54.0 Å². The number of thiophene rings is 1. The van der Waals surface area contributed by atoms with E-state index < -0.39 is 11.9 Å². The van der Waals surface area contributed by atoms with E-state index in [1.165, 1.54) is 11.3 Å². The molecule has 0 saturated heterocycles. The van der Waals surface area contributed by atoms with Crippen molar-refractivity contribution in [2.45, 2.75) is 19.9 Å². The van der Waals surface area contributed by atoms with Gasteiger partial charge in [-0.1, -0.05) is 0 Å². The van der Waals surface area contributed by atoms with Crippen molar-refractivity contribution in [1.29, 1.82) is 0 Å². The summed E-state index contributed by atoms with van der Waals surface area (Å²) in [4.78, 5) is 28.0. The third-order valence-electron chi connectivity index (χ3n) is 3.75. The summed E-state index contributed by atoms with van der Waals surface area (Å²) in [5, 5.41) is 3.32. The first-order chi connectivity index (χ1) is 11.5. The third-order valence-corrected chi connectivity index (χ3v) is 5.31. The van der Waals surface area contributed by atoms with Gasteiger partial charge >= 0.3 is 5.97 Å². The van der Waals surface area contributed by atoms with Gasteiger partial charge in [-0.15, -0.1) is 11.3 Å². The van der Waals surface area contributed by atoms with Crippen LogP contribution in [0.25, 0.3) is 0 Å². The van der Waals surface area contributed by atoms with Crippen LogP contribution in [-0.4, -0.2) is 37.0 Å². The number of likely N-dealkylation sites (N-methyl/N-ethyl adjacent to an activating group) is 1. The molecular weight excluding hydrogens is 396 g/mol. The number of carbonyl (C=O) groups is 2. The highest BCUT2D eigenvalue weighted by molar-refractivity contribution is 9.10. The molecule has 1 aliphatic heterocycles. The predicted octanol–water partition coefficient (Wildman–Crippen LogP) is 3.52. The maximum absolute atomic E-state index is 12.4. The summed E-state index contributed by atoms with van der Waals surface area (Å²) in [5.41, 5.74) is 1.45. The van der Waals surface area contributed by atoms with Crippen molar-refractivity contribution >= 4 is 44.1 Å². The van der Waals surface area contributed by atoms with Crippen molar-refractivity contribution in [2.75, 3.05) is 25.5 Å². The standard InChI is InChI=1S/C16H17BrN2O4S/c1-3-22-16(21)13-9-6-7-19(2)8-11(9)24-15(13)18-14(20)10-4-5-12(17)23-10/h4-5H,3,6-8H2,1-2H3,(H,18,20). The zero-order chi connectivity index (χ0) is 17.3. The van der Waals surface area contributed by atoms with Crippen LogP contribution in [0.4, 0.5) is 5.00 Å². The largest absolute Gasteiger partial charge is 0.462 e. The number of nitrogens with zero attached hydrogens (tertiary/aromatic N) is 1. The van der Waals surface area contributed by atoms with Crippen molar-refractivity contribution in [1.82, 2.24) is 4.90 Å². The monoisotopic (exact) mass is 412 g/mol. The zero-order valence-corrected chi connectivity index (χ0v) is 15.8. The minimum Gasteiger partial charge on any atom is -0.462 e. The van der Waals surface area contributed by atoms with E-state index in [1.54, 1.807) is 19.1 Å². The molecule has 0 saturated carbocycles. The van der Waals surface area contributed by atoms with Crippen molar-refractivity contribution in [3.63, 3.8) is 0 Å². The molecule has 0 bridgehead atoms. The topological polar surface area (TPSA) is 71.8 Å². The van der Waals surface area contributed by atoms with E-state index in [2.05, 4.69) is 26.1 Å². The van der Waals surface area contributed by atoms with Crippen LogP contribution in [-0.2, 0) is 17.7 Å². The number of nitrogens with one attached hydrogen (secondary N) is 1. The maximum atomic E-state index is 12.4. The SMILES string of the molecule is CCOC(=O)c1c(NC(=O)c2ccc(Br)o2)sc2c1CCN(C)C2. The summed E-state index contributed by atoms with van der Waals surface area (Å²) in [6.45, 7) is 3.69. The second kappa shape index (κ2) is 7.08. The number of anilines is 1. The van der Waals surface area contributed by atoms with Gasteiger partial charge in [0, 0.05) is 18.0 Å². The maximum Gasteiger partial charge on any atom is 0.341 e. The van der Waals surface area contributed by atoms with Gasteiger partial charge in [-0.25, -0.2) is 4.79 Å². The Morgan fingerprint density at radius 2 is 2.25 bits per heavy atom. The minimum atomic E-state index is -0.393. The number of carbonyl (C=O) groups excluding carboxylic acids is 2. The van der Waals surface area contributed by atoms with Crippen molar-refractivity contribution in [3.05, 3.63) is 38.6 Å². The van der Waals surface area contributed by atoms with E-state index in [1.807, 2.05) is 7.05 Å². The van der Waals surface area contributed by atoms with Crippen LogP contribution in [0.3, 0.4) is 0 Å². The van der Waals surface area contributed by atoms with Gasteiger partial charge in [-0.3, -0.25) is 4.79 Å². The predicted molar refractivity (Wildman–Crippen MR) is 94.7 cm³/mol. The summed E-state index contributed by atoms with van der Waals surface area (Å²) in [7, 11) is 2.03. The van der Waals surface area contributed by atoms with Crippen LogP contribution < -0.4 is 5.32 Å². The van der Waals surface area contributed by atoms with Crippen LogP contribution in [0.5, 0.6) is 0 Å². The summed E-state index contributed by atoms with van der Waals surface area (Å²) in [5.74, 6) is -0.603. The van der Waals surface area contributed by atoms with Gasteiger partial charge in [-0.2, -0.15) is 0 Å². The average Bonchev–Trinajstić information content (AvgIpc) is 3.10. The molecule has 1 amide bonds. The lowest BCUT2D eigenvalue weighted by Crippen LogP contribution is -2.26. The number of hydrogen-bond acceptors (Lipinski definition) is 6. The molecule has 0 atom stereocenters. The van der Waals surface area contributed by atoms with E-state index >= 15 is 0 Å². The Morgan fingerprint density at radius 3 is 2.92 bits per heavy atom. The molecule has 8 heteroatoms. The Labute approximate surface area is 151 Å². The van der Waals surface area contributed by atoms with E-state index in [9.17, 15) is 9.59 Å². The van der Waals surface area contributed by atoms with Crippen LogP contribution in [0.2, 0.25) is 0 Å². The molecule has 3 rings (SSSR count). The molecule has 0 aliphatic carbocycles. The van der Waals surface area contributed by atoms with Crippen molar-refractivity contribution in [2.24, 2.45) is 0 Å². The number of furan rings is 1. The molecule has 128 valence electrons. The molecule has 24 heavy (non-hydrogen) atoms. The number of halogens is 1. The van der Waals surface area contributed by atoms with E-state index in [4.69, 9.17) is 9.15 Å². The molecule has 2 aromatic rings. The van der Waals surface area contributed by atoms with Gasteiger partial charge in [0.05, 0.1) is 12.2 Å². The van der Waals surface area contributed by atoms with Crippen LogP contribution in [0.15, 0.2) is 21.2 Å². The van der Waals surface area contributed by atoms with Gasteiger partial charge in [0.25, 0.3) is 5.91 Å². The number of fused-ring (bicyclic) bond motifs is 1. The fourth-order valence-electron chi connectivity index (χ4n) is 2.64. The number of ether oxygens (including phenoxy) is 1. The van der Waals surface area contributed by atoms with Crippen molar-refractivity contribution in [3.8, 4) is 0 Å². The average molecular weight is 413 g/mol. The first-order valence-corrected chi connectivity index (χ1v) is 9.17. The second-order valence-electron chi connectivity index (χ2n) is 5.47. The van der Waals surface area contributed by atoms with E-state index in [0.717, 1.165) is 30.0 Å². The highest BCUT2D eigenvalue weighted by Crippen LogP contribution is 2.37. The number of amides is 1. The summed E-state index contributed by atoms with van der Waals surface area (Å²) in [6.07, 6.45) is 0.763. The lowest BCUT2D eigenvalue weighted by atomic mass is 10.0. The quantitative estimate of drug-likeness (QED) is 0.777. The fraction of sp³-hybridized carbons (Fsp3) is 0.375.